The van der Waals surface area contributed by atoms with Crippen molar-refractivity contribution in [2.45, 2.75) is 64.7 Å². The summed E-state index contributed by atoms with van der Waals surface area (Å²) in [4.78, 5) is 10.9. The number of nitrogens with two attached hydrogens (primary N) is 1. The van der Waals surface area contributed by atoms with Crippen molar-refractivity contribution in [2.75, 3.05) is 0 Å². The van der Waals surface area contributed by atoms with Crippen LogP contribution < -0.4 is 5.84 Å². The Labute approximate surface area is 92.4 Å². The summed E-state index contributed by atoms with van der Waals surface area (Å²) < 4.78 is 0. The van der Waals surface area contributed by atoms with Crippen molar-refractivity contribution in [1.82, 2.24) is 5.17 Å². The smallest absolute Gasteiger partial charge is 0.260 e. The molecule has 0 atom stereocenters. The molecular weight excluding hydrogens is 192 g/mol. The number of hydroxylamine groups is 1. The summed E-state index contributed by atoms with van der Waals surface area (Å²) in [5.41, 5.74) is 0. The minimum absolute atomic E-state index is 0.182. The lowest BCUT2D eigenvalue weighted by atomic mass is 10.1. The van der Waals surface area contributed by atoms with Crippen LogP contribution in [0.3, 0.4) is 0 Å². The Kier molecular flexibility index (Phi) is 9.52. The molecule has 0 rings (SSSR count). The van der Waals surface area contributed by atoms with Crippen molar-refractivity contribution >= 4 is 5.91 Å². The number of hydrogen-bond donors (Lipinski definition) is 2. The van der Waals surface area contributed by atoms with E-state index in [1.807, 2.05) is 0 Å². The second-order valence-electron chi connectivity index (χ2n) is 3.96. The number of nitrogens with zero attached hydrogens (tertiary/aromatic N) is 1. The van der Waals surface area contributed by atoms with Gasteiger partial charge in [0.1, 0.15) is 0 Å². The van der Waals surface area contributed by atoms with Gasteiger partial charge in [-0.05, 0) is 6.42 Å². The highest BCUT2D eigenvalue weighted by Crippen LogP contribution is 2.09. The highest BCUT2D eigenvalue weighted by molar-refractivity contribution is 5.74. The summed E-state index contributed by atoms with van der Waals surface area (Å²) in [7, 11) is 0. The molecule has 0 aromatic heterocycles. The molecule has 0 aromatic rings. The Bertz CT molecular complexity index is 161. The van der Waals surface area contributed by atoms with E-state index in [1.165, 1.54) is 38.5 Å². The highest BCUT2D eigenvalue weighted by atomic mass is 16.5. The van der Waals surface area contributed by atoms with Crippen LogP contribution in [0.5, 0.6) is 0 Å². The van der Waals surface area contributed by atoms with E-state index in [9.17, 15) is 4.79 Å². The molecule has 0 fully saturated rings. The number of carbonyl (C=O) groups excluding carboxylic acids is 1. The molecular formula is C11H24N2O2. The maximum atomic E-state index is 10.9. The molecule has 0 saturated heterocycles. The Hall–Kier alpha value is -0.610. The van der Waals surface area contributed by atoms with Crippen molar-refractivity contribution in [1.29, 1.82) is 0 Å². The van der Waals surface area contributed by atoms with E-state index in [0.717, 1.165) is 12.8 Å². The van der Waals surface area contributed by atoms with Crippen LogP contribution in [0.2, 0.25) is 0 Å². The van der Waals surface area contributed by atoms with Gasteiger partial charge in [0.15, 0.2) is 0 Å². The minimum atomic E-state index is -0.402. The molecule has 4 heteroatoms. The Morgan fingerprint density at radius 1 is 1.07 bits per heavy atom. The standard InChI is InChI=1S/C11H24N2O2/c1-2-3-4-5-6-7-8-9-10-11(14)13(12)15/h15H,2-10,12H2,1H3. The van der Waals surface area contributed by atoms with Crippen LogP contribution in [0.1, 0.15) is 64.7 Å². The van der Waals surface area contributed by atoms with Crippen LogP contribution in [0, 0.1) is 0 Å². The van der Waals surface area contributed by atoms with Crippen LogP contribution in [0.15, 0.2) is 0 Å². The average Bonchev–Trinajstić information content (AvgIpc) is 2.21. The van der Waals surface area contributed by atoms with Crippen LogP contribution in [0.4, 0.5) is 0 Å². The summed E-state index contributed by atoms with van der Waals surface area (Å²) in [5.74, 6) is 4.47. The average molecular weight is 216 g/mol. The third kappa shape index (κ3) is 9.69. The lowest BCUT2D eigenvalue weighted by Crippen LogP contribution is -2.33. The topological polar surface area (TPSA) is 66.6 Å². The molecule has 0 unspecified atom stereocenters. The van der Waals surface area contributed by atoms with Gasteiger partial charge in [-0.25, -0.2) is 5.84 Å². The van der Waals surface area contributed by atoms with E-state index in [-0.39, 0.29) is 5.17 Å². The van der Waals surface area contributed by atoms with E-state index in [4.69, 9.17) is 11.0 Å². The maximum Gasteiger partial charge on any atom is 0.260 e. The van der Waals surface area contributed by atoms with E-state index in [0.29, 0.717) is 6.42 Å². The molecule has 15 heavy (non-hydrogen) atoms. The minimum Gasteiger partial charge on any atom is -0.271 e. The SMILES string of the molecule is CCCCCCCCCCC(=O)N(N)O. The molecule has 0 spiro atoms. The molecule has 0 aliphatic rings. The molecule has 0 aliphatic heterocycles. The molecule has 4 nitrogen and oxygen atoms in total. The number of rotatable bonds is 9. The number of hydrazine groups is 1. The van der Waals surface area contributed by atoms with Crippen molar-refractivity contribution in [2.24, 2.45) is 5.84 Å². The monoisotopic (exact) mass is 216 g/mol. The molecule has 0 aliphatic carbocycles. The lowest BCUT2D eigenvalue weighted by molar-refractivity contribution is -0.166. The summed E-state index contributed by atoms with van der Waals surface area (Å²) in [6.45, 7) is 2.21. The molecule has 1 amide bonds. The summed E-state index contributed by atoms with van der Waals surface area (Å²) in [6.07, 6.45) is 9.86. The van der Waals surface area contributed by atoms with Gasteiger partial charge < -0.3 is 0 Å². The van der Waals surface area contributed by atoms with Gasteiger partial charge in [0.05, 0.1) is 0 Å². The molecule has 0 bridgehead atoms. The Morgan fingerprint density at radius 3 is 2.00 bits per heavy atom. The third-order valence-electron chi connectivity index (χ3n) is 2.50. The first-order valence-electron chi connectivity index (χ1n) is 5.95. The molecule has 3 N–H and O–H groups in total. The zero-order valence-electron chi connectivity index (χ0n) is 9.74. The zero-order chi connectivity index (χ0) is 11.5. The Morgan fingerprint density at radius 2 is 1.53 bits per heavy atom. The van der Waals surface area contributed by atoms with Gasteiger partial charge in [0.2, 0.25) is 0 Å². The van der Waals surface area contributed by atoms with Gasteiger partial charge in [-0.2, -0.15) is 5.17 Å². The number of unbranched alkanes of at least 4 members (excludes halogenated alkanes) is 7. The van der Waals surface area contributed by atoms with E-state index in [1.54, 1.807) is 0 Å². The van der Waals surface area contributed by atoms with Crippen LogP contribution in [-0.4, -0.2) is 16.3 Å². The first-order valence-corrected chi connectivity index (χ1v) is 5.95. The molecule has 0 aromatic carbocycles. The molecule has 0 saturated carbocycles. The molecule has 0 heterocycles. The van der Waals surface area contributed by atoms with Crippen molar-refractivity contribution in [3.8, 4) is 0 Å². The second kappa shape index (κ2) is 9.93. The quantitative estimate of drug-likeness (QED) is 0.205. The summed E-state index contributed by atoms with van der Waals surface area (Å²) >= 11 is 0. The number of hydrogen-bond acceptors (Lipinski definition) is 3. The predicted molar refractivity (Wildman–Crippen MR) is 60.0 cm³/mol. The largest absolute Gasteiger partial charge is 0.271 e. The van der Waals surface area contributed by atoms with Crippen LogP contribution >= 0.6 is 0 Å². The molecule has 90 valence electrons. The first-order chi connectivity index (χ1) is 7.18. The third-order valence-corrected chi connectivity index (χ3v) is 2.50. The van der Waals surface area contributed by atoms with Crippen molar-refractivity contribution < 1.29 is 10.0 Å². The zero-order valence-corrected chi connectivity index (χ0v) is 9.74. The van der Waals surface area contributed by atoms with Gasteiger partial charge in [-0.1, -0.05) is 51.9 Å². The van der Waals surface area contributed by atoms with Gasteiger partial charge >= 0.3 is 0 Å². The fraction of sp³-hybridized carbons (Fsp3) is 0.909. The van der Waals surface area contributed by atoms with Crippen LogP contribution in [0.25, 0.3) is 0 Å². The van der Waals surface area contributed by atoms with Gasteiger partial charge in [-0.3, -0.25) is 10.0 Å². The first kappa shape index (κ1) is 14.4. The highest BCUT2D eigenvalue weighted by Gasteiger charge is 2.04. The van der Waals surface area contributed by atoms with Gasteiger partial charge in [0, 0.05) is 6.42 Å². The number of amides is 1. The van der Waals surface area contributed by atoms with Crippen molar-refractivity contribution in [3.05, 3.63) is 0 Å². The van der Waals surface area contributed by atoms with E-state index in [2.05, 4.69) is 6.92 Å². The summed E-state index contributed by atoms with van der Waals surface area (Å²) in [6, 6.07) is 0. The van der Waals surface area contributed by atoms with E-state index >= 15 is 0 Å². The lowest BCUT2D eigenvalue weighted by Gasteiger charge is -2.06. The maximum absolute atomic E-state index is 10.9. The molecule has 0 radical (unpaired) electrons. The fourth-order valence-electron chi connectivity index (χ4n) is 1.52. The second-order valence-corrected chi connectivity index (χ2v) is 3.96. The fourth-order valence-corrected chi connectivity index (χ4v) is 1.52. The van der Waals surface area contributed by atoms with Crippen molar-refractivity contribution in [3.63, 3.8) is 0 Å². The summed E-state index contributed by atoms with van der Waals surface area (Å²) in [5, 5.41) is 8.76. The van der Waals surface area contributed by atoms with E-state index < -0.39 is 5.91 Å². The Balaban J connectivity index is 3.08. The number of carbonyl (C=O) groups is 1. The predicted octanol–water partition coefficient (Wildman–Crippen LogP) is 2.61. The van der Waals surface area contributed by atoms with Crippen LogP contribution in [-0.2, 0) is 4.79 Å². The normalized spacial score (nSPS) is 10.3. The van der Waals surface area contributed by atoms with Gasteiger partial charge in [0.25, 0.3) is 5.91 Å². The van der Waals surface area contributed by atoms with Gasteiger partial charge in [-0.15, -0.1) is 0 Å².